The highest BCUT2D eigenvalue weighted by Crippen LogP contribution is 2.28. The zero-order chi connectivity index (χ0) is 18.8. The van der Waals surface area contributed by atoms with E-state index in [2.05, 4.69) is 40.1 Å². The Kier molecular flexibility index (Phi) is 4.73. The van der Waals surface area contributed by atoms with E-state index in [-0.39, 0.29) is 11.9 Å². The molecular formula is C21H23N5O. The summed E-state index contributed by atoms with van der Waals surface area (Å²) in [5.41, 5.74) is 4.44. The summed E-state index contributed by atoms with van der Waals surface area (Å²) in [6.07, 6.45) is 4.13. The van der Waals surface area contributed by atoms with Crippen LogP contribution in [0.4, 0.5) is 5.69 Å². The fraction of sp³-hybridized carbons (Fsp3) is 0.286. The van der Waals surface area contributed by atoms with Gasteiger partial charge in [0.1, 0.15) is 12.7 Å². The first kappa shape index (κ1) is 17.4. The molecule has 1 atom stereocenters. The SMILES string of the molecule is C[C@@H](c1ccc(-n2cncn2)cc1)N(C)CC(=O)N1CCc2ccccc21. The summed E-state index contributed by atoms with van der Waals surface area (Å²) in [6, 6.07) is 16.5. The zero-order valence-corrected chi connectivity index (χ0v) is 15.6. The first-order valence-corrected chi connectivity index (χ1v) is 9.17. The summed E-state index contributed by atoms with van der Waals surface area (Å²) in [5.74, 6) is 0.147. The van der Waals surface area contributed by atoms with Gasteiger partial charge >= 0.3 is 0 Å². The molecule has 0 saturated carbocycles. The van der Waals surface area contributed by atoms with Crippen LogP contribution in [-0.2, 0) is 11.2 Å². The Labute approximate surface area is 159 Å². The third kappa shape index (κ3) is 3.48. The molecule has 138 valence electrons. The van der Waals surface area contributed by atoms with Crippen molar-refractivity contribution in [3.05, 3.63) is 72.3 Å². The third-order valence-corrected chi connectivity index (χ3v) is 5.29. The standard InChI is InChI=1S/C21H23N5O/c1-16(17-7-9-19(10-8-17)26-15-22-14-23-26)24(2)13-21(27)25-12-11-18-5-3-4-6-20(18)25/h3-10,14-16H,11-13H2,1-2H3/t16-/m0/s1. The number of carbonyl (C=O) groups excluding carboxylic acids is 1. The van der Waals surface area contributed by atoms with Gasteiger partial charge in [0, 0.05) is 18.3 Å². The number of fused-ring (bicyclic) bond motifs is 1. The van der Waals surface area contributed by atoms with Gasteiger partial charge in [-0.2, -0.15) is 5.10 Å². The highest BCUT2D eigenvalue weighted by atomic mass is 16.2. The van der Waals surface area contributed by atoms with Crippen LogP contribution in [0.1, 0.15) is 24.1 Å². The largest absolute Gasteiger partial charge is 0.311 e. The Balaban J connectivity index is 1.42. The van der Waals surface area contributed by atoms with E-state index >= 15 is 0 Å². The van der Waals surface area contributed by atoms with E-state index in [1.807, 2.05) is 42.3 Å². The number of hydrogen-bond acceptors (Lipinski definition) is 4. The van der Waals surface area contributed by atoms with Crippen LogP contribution < -0.4 is 4.90 Å². The van der Waals surface area contributed by atoms with Crippen molar-refractivity contribution in [2.24, 2.45) is 0 Å². The average molecular weight is 361 g/mol. The summed E-state index contributed by atoms with van der Waals surface area (Å²) in [4.78, 5) is 20.8. The van der Waals surface area contributed by atoms with E-state index in [0.29, 0.717) is 6.54 Å². The number of para-hydroxylation sites is 1. The third-order valence-electron chi connectivity index (χ3n) is 5.29. The van der Waals surface area contributed by atoms with Crippen LogP contribution in [0.5, 0.6) is 0 Å². The van der Waals surface area contributed by atoms with Crippen LogP contribution in [0, 0.1) is 0 Å². The van der Waals surface area contributed by atoms with Crippen molar-refractivity contribution < 1.29 is 4.79 Å². The number of rotatable bonds is 5. The molecule has 0 unspecified atom stereocenters. The van der Waals surface area contributed by atoms with Crippen molar-refractivity contribution in [3.63, 3.8) is 0 Å². The lowest BCUT2D eigenvalue weighted by atomic mass is 10.1. The minimum atomic E-state index is 0.136. The monoisotopic (exact) mass is 361 g/mol. The van der Waals surface area contributed by atoms with E-state index in [4.69, 9.17) is 0 Å². The van der Waals surface area contributed by atoms with Gasteiger partial charge in [0.05, 0.1) is 12.2 Å². The molecule has 2 heterocycles. The Morgan fingerprint density at radius 1 is 1.19 bits per heavy atom. The minimum absolute atomic E-state index is 0.136. The number of benzene rings is 2. The van der Waals surface area contributed by atoms with Crippen LogP contribution in [0.15, 0.2) is 61.2 Å². The molecule has 1 amide bonds. The van der Waals surface area contributed by atoms with Gasteiger partial charge in [-0.15, -0.1) is 0 Å². The molecule has 6 nitrogen and oxygen atoms in total. The smallest absolute Gasteiger partial charge is 0.241 e. The molecule has 0 N–H and O–H groups in total. The highest BCUT2D eigenvalue weighted by molar-refractivity contribution is 5.96. The molecule has 1 aliphatic heterocycles. The van der Waals surface area contributed by atoms with Gasteiger partial charge in [-0.3, -0.25) is 9.69 Å². The summed E-state index contributed by atoms with van der Waals surface area (Å²) in [6.45, 7) is 3.28. The van der Waals surface area contributed by atoms with Crippen LogP contribution in [0.2, 0.25) is 0 Å². The highest BCUT2D eigenvalue weighted by Gasteiger charge is 2.26. The summed E-state index contributed by atoms with van der Waals surface area (Å²) in [7, 11) is 2.00. The summed E-state index contributed by atoms with van der Waals surface area (Å²) < 4.78 is 1.73. The van der Waals surface area contributed by atoms with Gasteiger partial charge in [0.2, 0.25) is 5.91 Å². The molecule has 3 aromatic rings. The van der Waals surface area contributed by atoms with Crippen molar-refractivity contribution in [2.75, 3.05) is 25.0 Å². The first-order chi connectivity index (χ1) is 13.1. The maximum Gasteiger partial charge on any atom is 0.241 e. The Morgan fingerprint density at radius 3 is 2.70 bits per heavy atom. The molecule has 6 heteroatoms. The molecule has 27 heavy (non-hydrogen) atoms. The number of likely N-dealkylation sites (N-methyl/N-ethyl adjacent to an activating group) is 1. The lowest BCUT2D eigenvalue weighted by molar-refractivity contribution is -0.119. The number of anilines is 1. The molecule has 0 radical (unpaired) electrons. The van der Waals surface area contributed by atoms with E-state index in [1.165, 1.54) is 11.9 Å². The molecule has 0 fully saturated rings. The summed E-state index contributed by atoms with van der Waals surface area (Å²) in [5, 5.41) is 4.14. The Morgan fingerprint density at radius 2 is 1.96 bits per heavy atom. The fourth-order valence-electron chi connectivity index (χ4n) is 3.53. The molecule has 2 aromatic carbocycles. The van der Waals surface area contributed by atoms with Gasteiger partial charge in [0.25, 0.3) is 0 Å². The fourth-order valence-corrected chi connectivity index (χ4v) is 3.53. The molecular weight excluding hydrogens is 338 g/mol. The van der Waals surface area contributed by atoms with Gasteiger partial charge in [0.15, 0.2) is 0 Å². The van der Waals surface area contributed by atoms with Crippen molar-refractivity contribution in [1.82, 2.24) is 19.7 Å². The number of aromatic nitrogens is 3. The second kappa shape index (κ2) is 7.32. The zero-order valence-electron chi connectivity index (χ0n) is 15.6. The van der Waals surface area contributed by atoms with E-state index < -0.39 is 0 Å². The topological polar surface area (TPSA) is 54.3 Å². The Hall–Kier alpha value is -2.99. The van der Waals surface area contributed by atoms with Gasteiger partial charge < -0.3 is 4.90 Å². The van der Waals surface area contributed by atoms with Crippen LogP contribution in [0.25, 0.3) is 5.69 Å². The lowest BCUT2D eigenvalue weighted by Gasteiger charge is -2.27. The normalized spacial score (nSPS) is 14.4. The van der Waals surface area contributed by atoms with E-state index in [0.717, 1.165) is 29.9 Å². The van der Waals surface area contributed by atoms with Crippen LogP contribution >= 0.6 is 0 Å². The van der Waals surface area contributed by atoms with Crippen molar-refractivity contribution in [1.29, 1.82) is 0 Å². The molecule has 0 bridgehead atoms. The van der Waals surface area contributed by atoms with E-state index in [1.54, 1.807) is 11.0 Å². The Bertz CT molecular complexity index is 920. The second-order valence-corrected chi connectivity index (χ2v) is 6.95. The number of nitrogens with zero attached hydrogens (tertiary/aromatic N) is 5. The first-order valence-electron chi connectivity index (χ1n) is 9.17. The predicted molar refractivity (Wildman–Crippen MR) is 105 cm³/mol. The van der Waals surface area contributed by atoms with Crippen molar-refractivity contribution >= 4 is 11.6 Å². The van der Waals surface area contributed by atoms with E-state index in [9.17, 15) is 4.79 Å². The molecule has 1 aromatic heterocycles. The molecule has 0 saturated heterocycles. The van der Waals surface area contributed by atoms with Crippen LogP contribution in [0.3, 0.4) is 0 Å². The van der Waals surface area contributed by atoms with Gasteiger partial charge in [-0.1, -0.05) is 30.3 Å². The number of amides is 1. The quantitative estimate of drug-likeness (QED) is 0.701. The molecule has 1 aliphatic rings. The number of hydrogen-bond donors (Lipinski definition) is 0. The maximum atomic E-state index is 12.8. The number of carbonyl (C=O) groups is 1. The van der Waals surface area contributed by atoms with Crippen LogP contribution in [-0.4, -0.2) is 45.7 Å². The van der Waals surface area contributed by atoms with Crippen molar-refractivity contribution in [2.45, 2.75) is 19.4 Å². The second-order valence-electron chi connectivity index (χ2n) is 6.95. The molecule has 0 spiro atoms. The molecule has 4 rings (SSSR count). The average Bonchev–Trinajstić information content (AvgIpc) is 3.37. The van der Waals surface area contributed by atoms with Gasteiger partial charge in [-0.25, -0.2) is 9.67 Å². The maximum absolute atomic E-state index is 12.8. The molecule has 0 aliphatic carbocycles. The lowest BCUT2D eigenvalue weighted by Crippen LogP contribution is -2.39. The summed E-state index contributed by atoms with van der Waals surface area (Å²) >= 11 is 0. The van der Waals surface area contributed by atoms with Gasteiger partial charge in [-0.05, 0) is 49.7 Å². The minimum Gasteiger partial charge on any atom is -0.311 e. The van der Waals surface area contributed by atoms with Crippen molar-refractivity contribution in [3.8, 4) is 5.69 Å². The predicted octanol–water partition coefficient (Wildman–Crippen LogP) is 2.85.